The first-order valence-electron chi connectivity index (χ1n) is 8.27. The Bertz CT molecular complexity index is 797. The first kappa shape index (κ1) is 16.9. The Hall–Kier alpha value is -1.52. The van der Waals surface area contributed by atoms with Gasteiger partial charge in [0.15, 0.2) is 23.5 Å². The van der Waals surface area contributed by atoms with Crippen LogP contribution in [-0.4, -0.2) is 56.7 Å². The molecule has 2 aliphatic heterocycles. The van der Waals surface area contributed by atoms with Gasteiger partial charge in [0, 0.05) is 6.54 Å². The molecule has 9 nitrogen and oxygen atoms in total. The van der Waals surface area contributed by atoms with E-state index in [1.54, 1.807) is 10.9 Å². The molecule has 2 aromatic rings. The molecule has 0 aliphatic carbocycles. The second-order valence-corrected chi connectivity index (χ2v) is 6.98. The van der Waals surface area contributed by atoms with Gasteiger partial charge < -0.3 is 25.3 Å². The number of rotatable bonds is 4. The highest BCUT2D eigenvalue weighted by Crippen LogP contribution is 2.43. The first-order chi connectivity index (χ1) is 11.9. The molecule has 2 aromatic heterocycles. The third kappa shape index (κ3) is 2.85. The summed E-state index contributed by atoms with van der Waals surface area (Å²) in [5, 5.41) is 3.36. The van der Waals surface area contributed by atoms with E-state index in [9.17, 15) is 0 Å². The van der Waals surface area contributed by atoms with Gasteiger partial charge in [-0.25, -0.2) is 4.98 Å². The number of imidazole rings is 1. The average Bonchev–Trinajstić information content (AvgIpc) is 3.16. The molecule has 2 fully saturated rings. The van der Waals surface area contributed by atoms with Crippen molar-refractivity contribution in [2.24, 2.45) is 0 Å². The molecule has 0 saturated carbocycles. The maximum Gasteiger partial charge on any atom is 0.226 e. The number of likely N-dealkylation sites (N-methyl/N-ethyl adjacent to an activating group) is 1. The summed E-state index contributed by atoms with van der Waals surface area (Å²) in [5.74, 6) is -0.444. The van der Waals surface area contributed by atoms with E-state index >= 15 is 0 Å². The Morgan fingerprint density at radius 3 is 2.84 bits per heavy atom. The molecular weight excluding hydrogens is 348 g/mol. The highest BCUT2D eigenvalue weighted by atomic mass is 35.5. The minimum absolute atomic E-state index is 0.0643. The van der Waals surface area contributed by atoms with Crippen molar-refractivity contribution in [3.05, 3.63) is 11.6 Å². The lowest BCUT2D eigenvalue weighted by atomic mass is 10.1. The zero-order valence-electron chi connectivity index (χ0n) is 14.3. The molecular formula is C15H21ClN6O3. The maximum atomic E-state index is 6.22. The summed E-state index contributed by atoms with van der Waals surface area (Å²) in [4.78, 5) is 12.5. The van der Waals surface area contributed by atoms with E-state index in [1.807, 2.05) is 20.8 Å². The lowest BCUT2D eigenvalue weighted by molar-refractivity contribution is -0.195. The van der Waals surface area contributed by atoms with Gasteiger partial charge in [0.1, 0.15) is 23.8 Å². The maximum absolute atomic E-state index is 6.22. The van der Waals surface area contributed by atoms with Crippen molar-refractivity contribution < 1.29 is 14.2 Å². The largest absolute Gasteiger partial charge is 0.382 e. The minimum atomic E-state index is -0.677. The van der Waals surface area contributed by atoms with Crippen LogP contribution in [0.3, 0.4) is 0 Å². The van der Waals surface area contributed by atoms with Crippen molar-refractivity contribution in [3.63, 3.8) is 0 Å². The van der Waals surface area contributed by atoms with Gasteiger partial charge in [-0.2, -0.15) is 9.97 Å². The monoisotopic (exact) mass is 368 g/mol. The molecule has 10 heteroatoms. The highest BCUT2D eigenvalue weighted by molar-refractivity contribution is 6.28. The third-order valence-corrected chi connectivity index (χ3v) is 4.59. The van der Waals surface area contributed by atoms with E-state index in [1.165, 1.54) is 0 Å². The predicted octanol–water partition coefficient (Wildman–Crippen LogP) is 1.09. The summed E-state index contributed by atoms with van der Waals surface area (Å²) >= 11 is 5.96. The van der Waals surface area contributed by atoms with Crippen LogP contribution in [0.2, 0.25) is 5.28 Å². The number of nitrogens with zero attached hydrogens (tertiary/aromatic N) is 4. The molecule has 0 spiro atoms. The number of nitrogen functional groups attached to an aromatic ring is 1. The van der Waals surface area contributed by atoms with Crippen molar-refractivity contribution >= 4 is 28.6 Å². The summed E-state index contributed by atoms with van der Waals surface area (Å²) in [5.41, 5.74) is 6.89. The number of nitrogens with two attached hydrogens (primary N) is 1. The molecule has 2 aliphatic rings. The summed E-state index contributed by atoms with van der Waals surface area (Å²) in [6, 6.07) is 0. The molecule has 0 radical (unpaired) electrons. The molecule has 0 unspecified atom stereocenters. The summed E-state index contributed by atoms with van der Waals surface area (Å²) < 4.78 is 20.2. The number of hydrogen-bond donors (Lipinski definition) is 2. The van der Waals surface area contributed by atoms with E-state index in [0.29, 0.717) is 17.7 Å². The lowest BCUT2D eigenvalue weighted by Crippen LogP contribution is -2.37. The number of nitrogens with one attached hydrogen (secondary N) is 1. The minimum Gasteiger partial charge on any atom is -0.382 e. The Balaban J connectivity index is 1.72. The van der Waals surface area contributed by atoms with Gasteiger partial charge in [-0.3, -0.25) is 4.57 Å². The standard InChI is InChI=1S/C15H21ClN6O3/c1-4-18-5-7-9-10(25-15(2,3)24-9)13(23-7)22-6-19-8-11(17)20-14(16)21-12(8)22/h6-7,9-10,13,18H,4-5H2,1-3H3,(H2,17,20,21)/t7-,9-,10-,13-/m1/s1. The van der Waals surface area contributed by atoms with Crippen molar-refractivity contribution in [2.75, 3.05) is 18.8 Å². The molecule has 4 rings (SSSR count). The van der Waals surface area contributed by atoms with Crippen molar-refractivity contribution in [3.8, 4) is 0 Å². The second kappa shape index (κ2) is 6.03. The molecule has 4 heterocycles. The lowest BCUT2D eigenvalue weighted by Gasteiger charge is -2.24. The van der Waals surface area contributed by atoms with Gasteiger partial charge >= 0.3 is 0 Å². The normalized spacial score (nSPS) is 30.9. The van der Waals surface area contributed by atoms with Gasteiger partial charge in [0.25, 0.3) is 0 Å². The molecule has 0 amide bonds. The molecule has 4 atom stereocenters. The average molecular weight is 369 g/mol. The van der Waals surface area contributed by atoms with Gasteiger partial charge in [-0.05, 0) is 32.0 Å². The van der Waals surface area contributed by atoms with Crippen LogP contribution < -0.4 is 11.1 Å². The smallest absolute Gasteiger partial charge is 0.226 e. The van der Waals surface area contributed by atoms with Crippen LogP contribution in [-0.2, 0) is 14.2 Å². The highest BCUT2D eigenvalue weighted by Gasteiger charge is 2.55. The molecule has 0 bridgehead atoms. The fourth-order valence-corrected chi connectivity index (χ4v) is 3.60. The topological polar surface area (TPSA) is 109 Å². The van der Waals surface area contributed by atoms with E-state index in [4.69, 9.17) is 31.5 Å². The van der Waals surface area contributed by atoms with Gasteiger partial charge in [0.05, 0.1) is 6.33 Å². The van der Waals surface area contributed by atoms with E-state index in [0.717, 1.165) is 6.54 Å². The number of halogens is 1. The predicted molar refractivity (Wildman–Crippen MR) is 91.0 cm³/mol. The van der Waals surface area contributed by atoms with Crippen LogP contribution in [0.5, 0.6) is 0 Å². The van der Waals surface area contributed by atoms with Crippen LogP contribution in [0.1, 0.15) is 27.0 Å². The zero-order valence-corrected chi connectivity index (χ0v) is 15.0. The molecule has 0 aromatic carbocycles. The fourth-order valence-electron chi connectivity index (χ4n) is 3.43. The molecule has 2 saturated heterocycles. The van der Waals surface area contributed by atoms with Crippen LogP contribution in [0.15, 0.2) is 6.33 Å². The van der Waals surface area contributed by atoms with Gasteiger partial charge in [-0.1, -0.05) is 6.92 Å². The fraction of sp³-hybridized carbons (Fsp3) is 0.667. The Labute approximate surface area is 149 Å². The summed E-state index contributed by atoms with van der Waals surface area (Å²) in [7, 11) is 0. The van der Waals surface area contributed by atoms with E-state index < -0.39 is 12.0 Å². The van der Waals surface area contributed by atoms with Crippen molar-refractivity contribution in [1.29, 1.82) is 0 Å². The van der Waals surface area contributed by atoms with Gasteiger partial charge in [-0.15, -0.1) is 0 Å². The molecule has 136 valence electrons. The number of ether oxygens (including phenoxy) is 3. The van der Waals surface area contributed by atoms with Crippen LogP contribution in [0.4, 0.5) is 5.82 Å². The Morgan fingerprint density at radius 1 is 1.32 bits per heavy atom. The summed E-state index contributed by atoms with van der Waals surface area (Å²) in [6.45, 7) is 7.36. The Morgan fingerprint density at radius 2 is 2.08 bits per heavy atom. The third-order valence-electron chi connectivity index (χ3n) is 4.42. The Kier molecular flexibility index (Phi) is 4.08. The van der Waals surface area contributed by atoms with E-state index in [-0.39, 0.29) is 29.4 Å². The second-order valence-electron chi connectivity index (χ2n) is 6.64. The van der Waals surface area contributed by atoms with Crippen LogP contribution in [0.25, 0.3) is 11.2 Å². The van der Waals surface area contributed by atoms with Crippen molar-refractivity contribution in [2.45, 2.75) is 51.1 Å². The number of anilines is 1. The summed E-state index contributed by atoms with van der Waals surface area (Å²) in [6.07, 6.45) is 0.560. The number of hydrogen-bond acceptors (Lipinski definition) is 8. The SMILES string of the molecule is CCNC[C@H]1O[C@@H](n2cnc3c(N)nc(Cl)nc32)[C@@H]2OC(C)(C)O[C@@H]21. The molecule has 3 N–H and O–H groups in total. The molecule has 25 heavy (non-hydrogen) atoms. The van der Waals surface area contributed by atoms with Gasteiger partial charge in [0.2, 0.25) is 5.28 Å². The number of fused-ring (bicyclic) bond motifs is 2. The van der Waals surface area contributed by atoms with Crippen molar-refractivity contribution in [1.82, 2.24) is 24.8 Å². The van der Waals surface area contributed by atoms with Crippen LogP contribution in [0, 0.1) is 0 Å². The first-order valence-corrected chi connectivity index (χ1v) is 8.65. The zero-order chi connectivity index (χ0) is 17.8. The van der Waals surface area contributed by atoms with Crippen LogP contribution >= 0.6 is 11.6 Å². The van der Waals surface area contributed by atoms with E-state index in [2.05, 4.69) is 20.3 Å². The quantitative estimate of drug-likeness (QED) is 0.772. The number of aromatic nitrogens is 4.